The largest absolute Gasteiger partial charge is 0.491 e. The third-order valence-electron chi connectivity index (χ3n) is 4.13. The molecule has 0 bridgehead atoms. The van der Waals surface area contributed by atoms with Crippen molar-refractivity contribution in [2.24, 2.45) is 5.92 Å². The molecule has 0 radical (unpaired) electrons. The lowest BCUT2D eigenvalue weighted by molar-refractivity contribution is -0.129. The molecule has 6 nitrogen and oxygen atoms in total. The van der Waals surface area contributed by atoms with Crippen LogP contribution in [0.5, 0.6) is 5.75 Å². The highest BCUT2D eigenvalue weighted by atomic mass is 19.1. The van der Waals surface area contributed by atoms with Crippen molar-refractivity contribution < 1.29 is 23.1 Å². The van der Waals surface area contributed by atoms with Gasteiger partial charge in [0.1, 0.15) is 0 Å². The van der Waals surface area contributed by atoms with Crippen molar-refractivity contribution >= 4 is 11.8 Å². The van der Waals surface area contributed by atoms with Crippen LogP contribution >= 0.6 is 0 Å². The molecular weight excluding hydrogens is 332 g/mol. The lowest BCUT2D eigenvalue weighted by Gasteiger charge is -2.19. The number of likely N-dealkylation sites (N-methyl/N-ethyl adjacent to an activating group) is 1. The van der Waals surface area contributed by atoms with Gasteiger partial charge in [-0.2, -0.15) is 0 Å². The summed E-state index contributed by atoms with van der Waals surface area (Å²) in [5, 5.41) is 2.64. The minimum atomic E-state index is -0.822. The van der Waals surface area contributed by atoms with Crippen molar-refractivity contribution in [3.63, 3.8) is 0 Å². The summed E-state index contributed by atoms with van der Waals surface area (Å²) >= 11 is 0. The maximum atomic E-state index is 13.7. The predicted molar refractivity (Wildman–Crippen MR) is 88.0 cm³/mol. The molecule has 1 fully saturated rings. The first-order valence-corrected chi connectivity index (χ1v) is 8.04. The summed E-state index contributed by atoms with van der Waals surface area (Å²) in [5.74, 6) is -2.88. The van der Waals surface area contributed by atoms with E-state index in [0.717, 1.165) is 18.7 Å². The van der Waals surface area contributed by atoms with Gasteiger partial charge in [0.15, 0.2) is 17.4 Å². The van der Waals surface area contributed by atoms with Crippen LogP contribution in [0.4, 0.5) is 8.78 Å². The number of ether oxygens (including phenoxy) is 1. The summed E-state index contributed by atoms with van der Waals surface area (Å²) in [5.41, 5.74) is 0.290. The van der Waals surface area contributed by atoms with E-state index >= 15 is 0 Å². The Labute approximate surface area is 145 Å². The Morgan fingerprint density at radius 3 is 2.56 bits per heavy atom. The third-order valence-corrected chi connectivity index (χ3v) is 4.13. The maximum absolute atomic E-state index is 13.7. The number of nitrogens with one attached hydrogen (secondary N) is 1. The summed E-state index contributed by atoms with van der Waals surface area (Å²) in [6.07, 6.45) is 0.157. The molecule has 1 aromatic rings. The zero-order valence-corrected chi connectivity index (χ0v) is 14.6. The Hall–Kier alpha value is -2.22. The fraction of sp³-hybridized carbons (Fsp3) is 0.529. The number of nitrogens with zero attached hydrogens (tertiary/aromatic N) is 2. The highest BCUT2D eigenvalue weighted by Gasteiger charge is 2.33. The van der Waals surface area contributed by atoms with E-state index < -0.39 is 23.3 Å². The normalized spacial score (nSPS) is 17.3. The molecule has 1 aliphatic heterocycles. The quantitative estimate of drug-likeness (QED) is 0.793. The molecule has 1 atom stereocenters. The molecule has 0 aliphatic carbocycles. The SMILES string of the molecule is COc1c(F)cc(CNC(=O)[C@H]2CC(=O)N(CCN(C)C)C2)cc1F. The van der Waals surface area contributed by atoms with Gasteiger partial charge in [-0.25, -0.2) is 8.78 Å². The molecule has 0 aromatic heterocycles. The van der Waals surface area contributed by atoms with Crippen LogP contribution in [0.1, 0.15) is 12.0 Å². The minimum absolute atomic E-state index is 0.0148. The molecule has 0 spiro atoms. The summed E-state index contributed by atoms with van der Waals surface area (Å²) in [6.45, 7) is 1.65. The molecule has 1 N–H and O–H groups in total. The molecule has 1 aromatic carbocycles. The van der Waals surface area contributed by atoms with E-state index in [2.05, 4.69) is 10.1 Å². The summed E-state index contributed by atoms with van der Waals surface area (Å²) in [6, 6.07) is 2.23. The Bertz CT molecular complexity index is 629. The van der Waals surface area contributed by atoms with Crippen molar-refractivity contribution in [3.05, 3.63) is 29.3 Å². The summed E-state index contributed by atoms with van der Waals surface area (Å²) < 4.78 is 31.9. The molecule has 0 unspecified atom stereocenters. The van der Waals surface area contributed by atoms with Gasteiger partial charge in [0.05, 0.1) is 13.0 Å². The van der Waals surface area contributed by atoms with Gasteiger partial charge in [-0.15, -0.1) is 0 Å². The van der Waals surface area contributed by atoms with E-state index in [1.165, 1.54) is 7.11 Å². The predicted octanol–water partition coefficient (Wildman–Crippen LogP) is 1.000. The number of amides is 2. The Morgan fingerprint density at radius 1 is 1.36 bits per heavy atom. The average Bonchev–Trinajstić information content (AvgIpc) is 2.91. The first-order chi connectivity index (χ1) is 11.8. The van der Waals surface area contributed by atoms with Crippen LogP contribution < -0.4 is 10.1 Å². The van der Waals surface area contributed by atoms with Crippen LogP contribution in [-0.2, 0) is 16.1 Å². The Morgan fingerprint density at radius 2 is 2.00 bits per heavy atom. The molecular formula is C17H23F2N3O3. The molecule has 138 valence electrons. The number of carbonyl (C=O) groups is 2. The molecule has 2 amide bonds. The van der Waals surface area contributed by atoms with E-state index in [4.69, 9.17) is 0 Å². The number of benzene rings is 1. The molecule has 25 heavy (non-hydrogen) atoms. The van der Waals surface area contributed by atoms with Crippen molar-refractivity contribution in [1.29, 1.82) is 0 Å². The zero-order chi connectivity index (χ0) is 18.6. The van der Waals surface area contributed by atoms with Crippen LogP contribution in [-0.4, -0.2) is 62.5 Å². The number of rotatable bonds is 7. The number of halogens is 2. The molecule has 2 rings (SSSR count). The number of hydrogen-bond donors (Lipinski definition) is 1. The molecule has 1 saturated heterocycles. The lowest BCUT2D eigenvalue weighted by Crippen LogP contribution is -2.35. The fourth-order valence-corrected chi connectivity index (χ4v) is 2.73. The van der Waals surface area contributed by atoms with Gasteiger partial charge in [0.25, 0.3) is 0 Å². The first-order valence-electron chi connectivity index (χ1n) is 8.04. The van der Waals surface area contributed by atoms with Crippen LogP contribution in [0.2, 0.25) is 0 Å². The number of likely N-dealkylation sites (tertiary alicyclic amines) is 1. The van der Waals surface area contributed by atoms with Gasteiger partial charge in [-0.1, -0.05) is 0 Å². The maximum Gasteiger partial charge on any atom is 0.225 e. The number of carbonyl (C=O) groups excluding carboxylic acids is 2. The van der Waals surface area contributed by atoms with Crippen molar-refractivity contribution in [1.82, 2.24) is 15.1 Å². The van der Waals surface area contributed by atoms with Gasteiger partial charge in [0, 0.05) is 32.6 Å². The van der Waals surface area contributed by atoms with E-state index in [0.29, 0.717) is 13.1 Å². The van der Waals surface area contributed by atoms with Crippen LogP contribution in [0, 0.1) is 17.6 Å². The Balaban J connectivity index is 1.90. The van der Waals surface area contributed by atoms with E-state index in [-0.39, 0.29) is 30.3 Å². The van der Waals surface area contributed by atoms with E-state index in [9.17, 15) is 18.4 Å². The second-order valence-electron chi connectivity index (χ2n) is 6.35. The monoisotopic (exact) mass is 355 g/mol. The van der Waals surface area contributed by atoms with Gasteiger partial charge < -0.3 is 19.9 Å². The lowest BCUT2D eigenvalue weighted by atomic mass is 10.1. The minimum Gasteiger partial charge on any atom is -0.491 e. The third kappa shape index (κ3) is 4.88. The molecule has 0 saturated carbocycles. The number of hydrogen-bond acceptors (Lipinski definition) is 4. The van der Waals surface area contributed by atoms with Gasteiger partial charge in [-0.3, -0.25) is 9.59 Å². The van der Waals surface area contributed by atoms with Crippen LogP contribution in [0.3, 0.4) is 0 Å². The summed E-state index contributed by atoms with van der Waals surface area (Å²) in [7, 11) is 5.01. The van der Waals surface area contributed by atoms with Crippen LogP contribution in [0.15, 0.2) is 12.1 Å². The number of methoxy groups -OCH3 is 1. The standard InChI is InChI=1S/C17H23F2N3O3/c1-21(2)4-5-22-10-12(8-15(22)23)17(24)20-9-11-6-13(18)16(25-3)14(19)7-11/h6-7,12H,4-5,8-10H2,1-3H3,(H,20,24)/t12-/m0/s1. The topological polar surface area (TPSA) is 61.9 Å². The van der Waals surface area contributed by atoms with Crippen LogP contribution in [0.25, 0.3) is 0 Å². The second-order valence-corrected chi connectivity index (χ2v) is 6.35. The molecule has 1 heterocycles. The second kappa shape index (κ2) is 8.24. The fourth-order valence-electron chi connectivity index (χ4n) is 2.73. The average molecular weight is 355 g/mol. The highest BCUT2D eigenvalue weighted by molar-refractivity contribution is 5.89. The smallest absolute Gasteiger partial charge is 0.225 e. The first kappa shape index (κ1) is 19.1. The molecule has 8 heteroatoms. The van der Waals surface area contributed by atoms with Crippen molar-refractivity contribution in [2.45, 2.75) is 13.0 Å². The van der Waals surface area contributed by atoms with Gasteiger partial charge in [0.2, 0.25) is 11.8 Å². The highest BCUT2D eigenvalue weighted by Crippen LogP contribution is 2.23. The van der Waals surface area contributed by atoms with Crippen molar-refractivity contribution in [3.8, 4) is 5.75 Å². The summed E-state index contributed by atoms with van der Waals surface area (Å²) in [4.78, 5) is 27.8. The van der Waals surface area contributed by atoms with Gasteiger partial charge >= 0.3 is 0 Å². The molecule has 1 aliphatic rings. The van der Waals surface area contributed by atoms with Gasteiger partial charge in [-0.05, 0) is 31.8 Å². The van der Waals surface area contributed by atoms with Crippen molar-refractivity contribution in [2.75, 3.05) is 40.8 Å². The van der Waals surface area contributed by atoms with E-state index in [1.807, 2.05) is 19.0 Å². The Kier molecular flexibility index (Phi) is 6.30. The van der Waals surface area contributed by atoms with E-state index in [1.54, 1.807) is 4.90 Å². The zero-order valence-electron chi connectivity index (χ0n) is 14.6.